The van der Waals surface area contributed by atoms with Gasteiger partial charge in [0.2, 0.25) is 11.8 Å². The number of hydrogen-bond acceptors (Lipinski definition) is 4. The third-order valence-electron chi connectivity index (χ3n) is 7.31. The predicted octanol–water partition coefficient (Wildman–Crippen LogP) is 5.39. The molecule has 1 unspecified atom stereocenters. The van der Waals surface area contributed by atoms with Crippen LogP contribution in [0.5, 0.6) is 0 Å². The molecular formula is C29H35NO4S. The first-order valence-electron chi connectivity index (χ1n) is 12.7. The van der Waals surface area contributed by atoms with Gasteiger partial charge in [-0.25, -0.2) is 4.21 Å². The zero-order valence-electron chi connectivity index (χ0n) is 20.7. The fourth-order valence-electron chi connectivity index (χ4n) is 5.58. The molecule has 5 nitrogen and oxygen atoms in total. The molecule has 0 radical (unpaired) electrons. The fraction of sp³-hybridized carbons (Fsp3) is 0.448. The number of aliphatic hydroxyl groups excluding tert-OH is 1. The molecule has 2 aromatic carbocycles. The van der Waals surface area contributed by atoms with Crippen LogP contribution in [0.4, 0.5) is 5.69 Å². The average Bonchev–Trinajstić information content (AvgIpc) is 3.13. The quantitative estimate of drug-likeness (QED) is 0.475. The maximum atomic E-state index is 13.9. The number of para-hydroxylation sites is 1. The standard InChI is InChI=1S/C29H35NO4S/c1-4-6-13-23(31)26-24(35(34)22-16-14-19(3)15-17-22)18-20(10-5-2)25-27(26)29(33)30(28(25)32)21-11-8-7-9-12-21/h7-9,11-12,14-18,20,23,25-27,31H,4-6,10,13H2,1-3H3/t20-,23+,25-,26+,27-,35?/m1/s1. The van der Waals surface area contributed by atoms with E-state index in [9.17, 15) is 18.9 Å². The van der Waals surface area contributed by atoms with Crippen LogP contribution in [0.3, 0.4) is 0 Å². The summed E-state index contributed by atoms with van der Waals surface area (Å²) >= 11 is 0. The Bertz CT molecular complexity index is 1110. The Labute approximate surface area is 210 Å². The fourth-order valence-corrected chi connectivity index (χ4v) is 7.08. The Kier molecular flexibility index (Phi) is 8.02. The van der Waals surface area contributed by atoms with Gasteiger partial charge < -0.3 is 5.11 Å². The number of anilines is 1. The van der Waals surface area contributed by atoms with Gasteiger partial charge in [0.15, 0.2) is 0 Å². The zero-order valence-corrected chi connectivity index (χ0v) is 21.5. The summed E-state index contributed by atoms with van der Waals surface area (Å²) < 4.78 is 13.9. The van der Waals surface area contributed by atoms with Gasteiger partial charge in [-0.2, -0.15) is 0 Å². The molecule has 0 bridgehead atoms. The van der Waals surface area contributed by atoms with Crippen LogP contribution in [0.25, 0.3) is 0 Å². The minimum atomic E-state index is -1.53. The van der Waals surface area contributed by atoms with Crippen molar-refractivity contribution in [3.63, 3.8) is 0 Å². The summed E-state index contributed by atoms with van der Waals surface area (Å²) in [6, 6.07) is 16.5. The molecule has 0 saturated carbocycles. The number of aliphatic hydroxyl groups is 1. The minimum absolute atomic E-state index is 0.200. The van der Waals surface area contributed by atoms with E-state index in [0.29, 0.717) is 21.9 Å². The van der Waals surface area contributed by atoms with Crippen molar-refractivity contribution in [2.75, 3.05) is 4.90 Å². The second-order valence-electron chi connectivity index (χ2n) is 9.74. The summed E-state index contributed by atoms with van der Waals surface area (Å²) in [5.74, 6) is -2.64. The lowest BCUT2D eigenvalue weighted by atomic mass is 9.68. The van der Waals surface area contributed by atoms with Gasteiger partial charge in [0.25, 0.3) is 0 Å². The number of aryl methyl sites for hydroxylation is 1. The lowest BCUT2D eigenvalue weighted by molar-refractivity contribution is -0.124. The van der Waals surface area contributed by atoms with Crippen molar-refractivity contribution < 1.29 is 18.9 Å². The van der Waals surface area contributed by atoms with Gasteiger partial charge >= 0.3 is 0 Å². The molecule has 2 aromatic rings. The molecule has 1 N–H and O–H groups in total. The molecule has 4 rings (SSSR count). The number of rotatable bonds is 9. The number of imide groups is 1. The number of fused-ring (bicyclic) bond motifs is 1. The number of hydrogen-bond donors (Lipinski definition) is 1. The van der Waals surface area contributed by atoms with Crippen molar-refractivity contribution >= 4 is 28.3 Å². The Morgan fingerprint density at radius 3 is 2.23 bits per heavy atom. The van der Waals surface area contributed by atoms with E-state index in [1.165, 1.54) is 4.90 Å². The summed E-state index contributed by atoms with van der Waals surface area (Å²) in [6.07, 6.45) is 4.86. The summed E-state index contributed by atoms with van der Waals surface area (Å²) in [5.41, 5.74) is 1.62. The van der Waals surface area contributed by atoms with Crippen LogP contribution in [0.15, 0.2) is 70.5 Å². The molecule has 1 fully saturated rings. The van der Waals surface area contributed by atoms with Crippen molar-refractivity contribution in [3.8, 4) is 0 Å². The SMILES string of the molecule is CCCC[C@H](O)[C@H]1C(S(=O)c2ccc(C)cc2)=C[C@@H](CCC)[C@H]2C(=O)N(c3ccccc3)C(=O)[C@@H]12. The first-order chi connectivity index (χ1) is 16.9. The molecule has 1 saturated heterocycles. The van der Waals surface area contributed by atoms with Crippen LogP contribution in [0.2, 0.25) is 0 Å². The van der Waals surface area contributed by atoms with Crippen molar-refractivity contribution in [1.82, 2.24) is 0 Å². The second kappa shape index (κ2) is 11.0. The van der Waals surface area contributed by atoms with Crippen LogP contribution in [-0.2, 0) is 20.4 Å². The molecule has 186 valence electrons. The highest BCUT2D eigenvalue weighted by molar-refractivity contribution is 7.89. The zero-order chi connectivity index (χ0) is 25.1. The summed E-state index contributed by atoms with van der Waals surface area (Å²) in [6.45, 7) is 6.08. The average molecular weight is 494 g/mol. The molecule has 6 atom stereocenters. The van der Waals surface area contributed by atoms with Crippen LogP contribution in [0, 0.1) is 30.6 Å². The highest BCUT2D eigenvalue weighted by Crippen LogP contribution is 2.50. The molecule has 1 aliphatic heterocycles. The van der Waals surface area contributed by atoms with E-state index >= 15 is 0 Å². The van der Waals surface area contributed by atoms with Gasteiger partial charge in [-0.1, -0.05) is 75.1 Å². The molecule has 2 amide bonds. The number of amides is 2. The number of nitrogens with zero attached hydrogens (tertiary/aromatic N) is 1. The first kappa shape index (κ1) is 25.5. The summed E-state index contributed by atoms with van der Waals surface area (Å²) in [4.78, 5) is 30.2. The Balaban J connectivity index is 1.82. The number of allylic oxidation sites excluding steroid dienone is 1. The Hall–Kier alpha value is -2.57. The van der Waals surface area contributed by atoms with Crippen LogP contribution < -0.4 is 4.90 Å². The highest BCUT2D eigenvalue weighted by Gasteiger charge is 2.58. The van der Waals surface area contributed by atoms with Crippen molar-refractivity contribution in [1.29, 1.82) is 0 Å². The minimum Gasteiger partial charge on any atom is -0.392 e. The molecule has 1 aliphatic carbocycles. The van der Waals surface area contributed by atoms with Gasteiger partial charge in [0.1, 0.15) is 0 Å². The van der Waals surface area contributed by atoms with Gasteiger partial charge in [0.05, 0.1) is 34.4 Å². The maximum Gasteiger partial charge on any atom is 0.238 e. The number of benzene rings is 2. The Morgan fingerprint density at radius 1 is 0.943 bits per heavy atom. The van der Waals surface area contributed by atoms with Crippen LogP contribution in [-0.4, -0.2) is 27.2 Å². The molecule has 2 aliphatic rings. The molecule has 0 spiro atoms. The normalized spacial score (nSPS) is 25.8. The van der Waals surface area contributed by atoms with Crippen molar-refractivity contribution in [2.24, 2.45) is 23.7 Å². The van der Waals surface area contributed by atoms with E-state index in [2.05, 4.69) is 13.8 Å². The van der Waals surface area contributed by atoms with E-state index in [-0.39, 0.29) is 17.7 Å². The smallest absolute Gasteiger partial charge is 0.238 e. The lowest BCUT2D eigenvalue weighted by Gasteiger charge is -2.38. The van der Waals surface area contributed by atoms with E-state index in [1.807, 2.05) is 55.5 Å². The third kappa shape index (κ3) is 4.91. The van der Waals surface area contributed by atoms with Gasteiger partial charge in [-0.3, -0.25) is 14.5 Å². The van der Waals surface area contributed by atoms with Crippen molar-refractivity contribution in [3.05, 3.63) is 71.1 Å². The number of carbonyl (C=O) groups excluding carboxylic acids is 2. The molecule has 1 heterocycles. The van der Waals surface area contributed by atoms with Gasteiger partial charge in [-0.15, -0.1) is 0 Å². The number of unbranched alkanes of at least 4 members (excludes halogenated alkanes) is 1. The molecule has 0 aromatic heterocycles. The van der Waals surface area contributed by atoms with E-state index < -0.39 is 34.7 Å². The number of carbonyl (C=O) groups is 2. The molecule has 6 heteroatoms. The molecule has 35 heavy (non-hydrogen) atoms. The van der Waals surface area contributed by atoms with E-state index in [0.717, 1.165) is 31.2 Å². The summed E-state index contributed by atoms with van der Waals surface area (Å²) in [5, 5.41) is 11.4. The Morgan fingerprint density at radius 2 is 1.60 bits per heavy atom. The van der Waals surface area contributed by atoms with E-state index in [4.69, 9.17) is 0 Å². The molecular weight excluding hydrogens is 458 g/mol. The second-order valence-corrected chi connectivity index (χ2v) is 11.2. The van der Waals surface area contributed by atoms with Crippen LogP contribution >= 0.6 is 0 Å². The topological polar surface area (TPSA) is 74.7 Å². The highest BCUT2D eigenvalue weighted by atomic mass is 32.2. The third-order valence-corrected chi connectivity index (χ3v) is 8.84. The lowest BCUT2D eigenvalue weighted by Crippen LogP contribution is -2.43. The van der Waals surface area contributed by atoms with Gasteiger partial charge in [-0.05, 0) is 49.9 Å². The summed E-state index contributed by atoms with van der Waals surface area (Å²) in [7, 11) is -1.53. The maximum absolute atomic E-state index is 13.9. The van der Waals surface area contributed by atoms with Crippen molar-refractivity contribution in [2.45, 2.75) is 63.9 Å². The van der Waals surface area contributed by atoms with Crippen LogP contribution in [0.1, 0.15) is 51.5 Å². The predicted molar refractivity (Wildman–Crippen MR) is 139 cm³/mol. The largest absolute Gasteiger partial charge is 0.392 e. The first-order valence-corrected chi connectivity index (χ1v) is 13.8. The van der Waals surface area contributed by atoms with Gasteiger partial charge in [0, 0.05) is 15.7 Å². The monoisotopic (exact) mass is 493 g/mol. The van der Waals surface area contributed by atoms with E-state index in [1.54, 1.807) is 12.1 Å².